The zero-order valence-corrected chi connectivity index (χ0v) is 11.5. The molecule has 88 valence electrons. The van der Waals surface area contributed by atoms with Gasteiger partial charge in [0.05, 0.1) is 6.54 Å². The maximum Gasteiger partial charge on any atom is 0.253 e. The summed E-state index contributed by atoms with van der Waals surface area (Å²) in [6, 6.07) is 5.40. The third-order valence-electron chi connectivity index (χ3n) is 2.38. The molecule has 2 rings (SSSR count). The van der Waals surface area contributed by atoms with E-state index in [1.165, 1.54) is 0 Å². The minimum absolute atomic E-state index is 0.00105. The fraction of sp³-hybridized carbons (Fsp3) is 0.167. The first-order chi connectivity index (χ1) is 8.06. The summed E-state index contributed by atoms with van der Waals surface area (Å²) in [6.07, 6.45) is 3.40. The van der Waals surface area contributed by atoms with Gasteiger partial charge in [0.1, 0.15) is 5.15 Å². The van der Waals surface area contributed by atoms with Gasteiger partial charge in [-0.15, -0.1) is 0 Å². The molecule has 0 radical (unpaired) electrons. The summed E-state index contributed by atoms with van der Waals surface area (Å²) < 4.78 is 2.53. The van der Waals surface area contributed by atoms with Crippen molar-refractivity contribution in [3.8, 4) is 0 Å². The van der Waals surface area contributed by atoms with Crippen LogP contribution in [0.3, 0.4) is 0 Å². The highest BCUT2D eigenvalue weighted by Gasteiger charge is 2.03. The lowest BCUT2D eigenvalue weighted by atomic mass is 10.2. The van der Waals surface area contributed by atoms with Crippen molar-refractivity contribution in [2.45, 2.75) is 13.5 Å². The number of halogens is 2. The first-order valence-electron chi connectivity index (χ1n) is 5.03. The lowest BCUT2D eigenvalue weighted by Gasteiger charge is -2.07. The van der Waals surface area contributed by atoms with E-state index < -0.39 is 0 Å². The second kappa shape index (κ2) is 5.02. The fourth-order valence-electron chi connectivity index (χ4n) is 1.59. The molecule has 2 aromatic heterocycles. The standard InChI is InChI=1S/C12H10BrClN2O/c1-8-4-10(13)7-16(12(8)17)6-9-2-3-15-11(14)5-9/h2-5,7H,6H2,1H3. The van der Waals surface area contributed by atoms with Crippen LogP contribution < -0.4 is 5.56 Å². The Kier molecular flexibility index (Phi) is 3.64. The Morgan fingerprint density at radius 3 is 2.94 bits per heavy atom. The van der Waals surface area contributed by atoms with E-state index in [4.69, 9.17) is 11.6 Å². The molecule has 2 aromatic rings. The Labute approximate surface area is 112 Å². The van der Waals surface area contributed by atoms with Crippen molar-refractivity contribution in [1.29, 1.82) is 0 Å². The molecule has 0 fully saturated rings. The third-order valence-corrected chi connectivity index (χ3v) is 3.02. The van der Waals surface area contributed by atoms with Gasteiger partial charge >= 0.3 is 0 Å². The first-order valence-corrected chi connectivity index (χ1v) is 6.20. The molecular formula is C12H10BrClN2O. The molecule has 0 unspecified atom stereocenters. The van der Waals surface area contributed by atoms with Crippen LogP contribution in [0.25, 0.3) is 0 Å². The maximum atomic E-state index is 11.9. The molecule has 3 nitrogen and oxygen atoms in total. The van der Waals surface area contributed by atoms with E-state index in [0.717, 1.165) is 10.0 Å². The molecule has 0 amide bonds. The molecule has 0 aliphatic carbocycles. The van der Waals surface area contributed by atoms with Gasteiger partial charge in [-0.2, -0.15) is 0 Å². The molecule has 0 atom stereocenters. The van der Waals surface area contributed by atoms with Crippen molar-refractivity contribution < 1.29 is 0 Å². The van der Waals surface area contributed by atoms with Gasteiger partial charge in [0.2, 0.25) is 0 Å². The second-order valence-electron chi connectivity index (χ2n) is 3.76. The number of hydrogen-bond acceptors (Lipinski definition) is 2. The van der Waals surface area contributed by atoms with E-state index in [1.807, 2.05) is 6.07 Å². The van der Waals surface area contributed by atoms with Crippen LogP contribution in [0.2, 0.25) is 5.15 Å². The maximum absolute atomic E-state index is 11.9. The molecule has 0 saturated heterocycles. The molecule has 0 aromatic carbocycles. The van der Waals surface area contributed by atoms with E-state index in [-0.39, 0.29) is 5.56 Å². The van der Waals surface area contributed by atoms with Gasteiger partial charge in [-0.1, -0.05) is 11.6 Å². The number of nitrogens with zero attached hydrogens (tertiary/aromatic N) is 2. The molecule has 5 heteroatoms. The van der Waals surface area contributed by atoms with Gasteiger partial charge in [-0.05, 0) is 46.6 Å². The van der Waals surface area contributed by atoms with Crippen molar-refractivity contribution >= 4 is 27.5 Å². The normalized spacial score (nSPS) is 10.5. The Morgan fingerprint density at radius 1 is 1.47 bits per heavy atom. The van der Waals surface area contributed by atoms with Crippen LogP contribution in [0.15, 0.2) is 39.9 Å². The number of hydrogen-bond donors (Lipinski definition) is 0. The highest BCUT2D eigenvalue weighted by atomic mass is 79.9. The summed E-state index contributed by atoms with van der Waals surface area (Å²) in [7, 11) is 0. The fourth-order valence-corrected chi connectivity index (χ4v) is 2.38. The van der Waals surface area contributed by atoms with Gasteiger partial charge in [-0.3, -0.25) is 4.79 Å². The zero-order valence-electron chi connectivity index (χ0n) is 9.15. The number of aromatic nitrogens is 2. The topological polar surface area (TPSA) is 34.9 Å². The summed E-state index contributed by atoms with van der Waals surface area (Å²) in [5, 5.41) is 0.433. The Hall–Kier alpha value is -1.13. The monoisotopic (exact) mass is 312 g/mol. The lowest BCUT2D eigenvalue weighted by molar-refractivity contribution is 0.748. The van der Waals surface area contributed by atoms with Crippen LogP contribution >= 0.6 is 27.5 Å². The van der Waals surface area contributed by atoms with Crippen LogP contribution in [0, 0.1) is 6.92 Å². The lowest BCUT2D eigenvalue weighted by Crippen LogP contribution is -2.22. The van der Waals surface area contributed by atoms with E-state index in [9.17, 15) is 4.79 Å². The van der Waals surface area contributed by atoms with Crippen LogP contribution in [-0.2, 0) is 6.54 Å². The van der Waals surface area contributed by atoms with Crippen LogP contribution in [-0.4, -0.2) is 9.55 Å². The summed E-state index contributed by atoms with van der Waals surface area (Å²) in [6.45, 7) is 2.28. The van der Waals surface area contributed by atoms with Gasteiger partial charge < -0.3 is 4.57 Å². The SMILES string of the molecule is Cc1cc(Br)cn(Cc2ccnc(Cl)c2)c1=O. The molecule has 0 aliphatic heterocycles. The van der Waals surface area contributed by atoms with Crippen molar-refractivity contribution in [1.82, 2.24) is 9.55 Å². The summed E-state index contributed by atoms with van der Waals surface area (Å²) in [5.74, 6) is 0. The van der Waals surface area contributed by atoms with E-state index in [2.05, 4.69) is 20.9 Å². The zero-order chi connectivity index (χ0) is 12.4. The minimum Gasteiger partial charge on any atom is -0.310 e. The van der Waals surface area contributed by atoms with Crippen molar-refractivity contribution in [2.24, 2.45) is 0 Å². The van der Waals surface area contributed by atoms with Gasteiger partial charge in [-0.25, -0.2) is 4.98 Å². The van der Waals surface area contributed by atoms with Crippen LogP contribution in [0.5, 0.6) is 0 Å². The summed E-state index contributed by atoms with van der Waals surface area (Å²) >= 11 is 9.18. The number of pyridine rings is 2. The first kappa shape index (κ1) is 12.3. The minimum atomic E-state index is 0.00105. The molecule has 0 N–H and O–H groups in total. The molecular weight excluding hydrogens is 304 g/mol. The average molecular weight is 314 g/mol. The summed E-state index contributed by atoms with van der Waals surface area (Å²) in [4.78, 5) is 15.8. The van der Waals surface area contributed by atoms with Gasteiger partial charge in [0.25, 0.3) is 5.56 Å². The Morgan fingerprint density at radius 2 is 2.24 bits per heavy atom. The number of rotatable bonds is 2. The van der Waals surface area contributed by atoms with E-state index in [1.54, 1.807) is 36.0 Å². The van der Waals surface area contributed by atoms with Gasteiger partial charge in [0.15, 0.2) is 0 Å². The smallest absolute Gasteiger partial charge is 0.253 e. The molecule has 0 aliphatic rings. The number of aryl methyl sites for hydroxylation is 1. The molecule has 0 bridgehead atoms. The van der Waals surface area contributed by atoms with Crippen molar-refractivity contribution in [3.63, 3.8) is 0 Å². The highest BCUT2D eigenvalue weighted by molar-refractivity contribution is 9.10. The Bertz CT molecular complexity index is 610. The quantitative estimate of drug-likeness (QED) is 0.799. The highest BCUT2D eigenvalue weighted by Crippen LogP contribution is 2.11. The molecule has 2 heterocycles. The van der Waals surface area contributed by atoms with E-state index >= 15 is 0 Å². The predicted octanol–water partition coefficient (Wildman–Crippen LogP) is 3.02. The third kappa shape index (κ3) is 2.96. The largest absolute Gasteiger partial charge is 0.310 e. The Balaban J connectivity index is 2.40. The molecule has 0 spiro atoms. The summed E-state index contributed by atoms with van der Waals surface area (Å²) in [5.41, 5.74) is 1.66. The predicted molar refractivity (Wildman–Crippen MR) is 71.5 cm³/mol. The van der Waals surface area contributed by atoms with Crippen molar-refractivity contribution in [3.05, 3.63) is 61.7 Å². The van der Waals surface area contributed by atoms with Gasteiger partial charge in [0, 0.05) is 22.4 Å². The average Bonchev–Trinajstić information content (AvgIpc) is 2.25. The molecule has 17 heavy (non-hydrogen) atoms. The molecule has 0 saturated carbocycles. The van der Waals surface area contributed by atoms with E-state index in [0.29, 0.717) is 17.3 Å². The van der Waals surface area contributed by atoms with Crippen LogP contribution in [0.4, 0.5) is 0 Å². The van der Waals surface area contributed by atoms with Crippen molar-refractivity contribution in [2.75, 3.05) is 0 Å². The second-order valence-corrected chi connectivity index (χ2v) is 5.06. The van der Waals surface area contributed by atoms with Crippen LogP contribution in [0.1, 0.15) is 11.1 Å².